The first-order valence-electron chi connectivity index (χ1n) is 8.61. The summed E-state index contributed by atoms with van der Waals surface area (Å²) in [5, 5.41) is 1.33. The molecule has 0 N–H and O–H groups in total. The van der Waals surface area contributed by atoms with E-state index in [0.717, 1.165) is 5.66 Å². The van der Waals surface area contributed by atoms with Crippen molar-refractivity contribution < 1.29 is 0 Å². The van der Waals surface area contributed by atoms with Gasteiger partial charge in [-0.25, -0.2) is 41.5 Å². The van der Waals surface area contributed by atoms with Crippen LogP contribution in [0.5, 0.6) is 0 Å². The lowest BCUT2D eigenvalue weighted by Gasteiger charge is -2.37. The maximum absolute atomic E-state index is 3.60. The van der Waals surface area contributed by atoms with Gasteiger partial charge < -0.3 is 8.58 Å². The molecule has 0 atom stereocenters. The standard InChI is InChI=1S/C22H24P/c1-18-12-14-19(15-13-18)16-17-22(20-8-4-2-5-9-20)23-21-10-6-3-7-11-21/h2,4-5,8-9,12-16,21H,3,6-7,10-11H2,1H3/q-3. The molecule has 0 aromatic heterocycles. The van der Waals surface area contributed by atoms with E-state index in [1.165, 1.54) is 63.4 Å². The van der Waals surface area contributed by atoms with Gasteiger partial charge in [-0.15, -0.1) is 13.0 Å². The summed E-state index contributed by atoms with van der Waals surface area (Å²) in [7, 11) is 1.44. The zero-order chi connectivity index (χ0) is 15.9. The third-order valence-electron chi connectivity index (χ3n) is 4.39. The first-order valence-corrected chi connectivity index (χ1v) is 9.57. The summed E-state index contributed by atoms with van der Waals surface area (Å²) in [6.45, 7) is 2.13. The molecule has 0 aliphatic heterocycles. The van der Waals surface area contributed by atoms with E-state index < -0.39 is 0 Å². The minimum atomic E-state index is 0.804. The number of hydrogen-bond acceptors (Lipinski definition) is 0. The quantitative estimate of drug-likeness (QED) is 0.327. The van der Waals surface area contributed by atoms with E-state index in [4.69, 9.17) is 0 Å². The molecule has 0 nitrogen and oxygen atoms in total. The molecule has 120 valence electrons. The molecule has 23 heavy (non-hydrogen) atoms. The van der Waals surface area contributed by atoms with Crippen LogP contribution in [-0.4, -0.2) is 5.66 Å². The van der Waals surface area contributed by atoms with Gasteiger partial charge in [-0.1, -0.05) is 68.0 Å². The zero-order valence-electron chi connectivity index (χ0n) is 13.8. The minimum absolute atomic E-state index is 0.804. The summed E-state index contributed by atoms with van der Waals surface area (Å²) in [6.07, 6.45) is 17.7. The van der Waals surface area contributed by atoms with Crippen LogP contribution < -0.4 is 0 Å². The van der Waals surface area contributed by atoms with E-state index in [-0.39, 0.29) is 0 Å². The number of rotatable bonds is 4. The fraction of sp³-hybridized carbons (Fsp3) is 0.318. The van der Waals surface area contributed by atoms with E-state index in [0.29, 0.717) is 0 Å². The summed E-state index contributed by atoms with van der Waals surface area (Å²) in [5.41, 5.74) is 5.71. The Hall–Kier alpha value is -1.61. The monoisotopic (exact) mass is 319 g/mol. The van der Waals surface area contributed by atoms with Crippen molar-refractivity contribution in [2.45, 2.75) is 44.7 Å². The summed E-state index contributed by atoms with van der Waals surface area (Å²) in [6, 6.07) is 10.8. The second-order valence-corrected chi connectivity index (χ2v) is 7.77. The smallest absolute Gasteiger partial charge is 0.0535 e. The highest BCUT2D eigenvalue weighted by atomic mass is 31.1. The second kappa shape index (κ2) is 8.30. The van der Waals surface area contributed by atoms with E-state index >= 15 is 0 Å². The lowest BCUT2D eigenvalue weighted by Crippen LogP contribution is -2.06. The number of benzene rings is 1. The summed E-state index contributed by atoms with van der Waals surface area (Å²) in [4.78, 5) is 0. The second-order valence-electron chi connectivity index (χ2n) is 6.33. The minimum Gasteiger partial charge on any atom is -0.505 e. The largest absolute Gasteiger partial charge is 0.505 e. The molecule has 2 aliphatic carbocycles. The van der Waals surface area contributed by atoms with Gasteiger partial charge in [0.15, 0.2) is 0 Å². The average Bonchev–Trinajstić information content (AvgIpc) is 2.61. The van der Waals surface area contributed by atoms with Crippen molar-refractivity contribution in [2.75, 3.05) is 0 Å². The Morgan fingerprint density at radius 3 is 2.43 bits per heavy atom. The molecule has 0 unspecified atom stereocenters. The van der Waals surface area contributed by atoms with Crippen LogP contribution in [0, 0.1) is 11.8 Å². The van der Waals surface area contributed by atoms with Gasteiger partial charge in [0.2, 0.25) is 0 Å². The van der Waals surface area contributed by atoms with Crippen molar-refractivity contribution in [1.82, 2.24) is 0 Å². The maximum atomic E-state index is 3.60. The lowest BCUT2D eigenvalue weighted by atomic mass is 9.97. The normalized spacial score (nSPS) is 18.5. The Morgan fingerprint density at radius 2 is 1.74 bits per heavy atom. The van der Waals surface area contributed by atoms with E-state index in [9.17, 15) is 0 Å². The SMILES string of the molecule is C[C-]1C=C[C-](C=C=C([P-]C2CCCCC2)c2ccccc2)C=C1. The molecule has 2 aliphatic rings. The van der Waals surface area contributed by atoms with Crippen LogP contribution in [0.3, 0.4) is 0 Å². The zero-order valence-corrected chi connectivity index (χ0v) is 14.7. The molecule has 0 radical (unpaired) electrons. The van der Waals surface area contributed by atoms with Crippen molar-refractivity contribution in [3.8, 4) is 0 Å². The van der Waals surface area contributed by atoms with Gasteiger partial charge in [-0.2, -0.15) is 5.66 Å². The Balaban J connectivity index is 1.81. The van der Waals surface area contributed by atoms with Gasteiger partial charge in [0.25, 0.3) is 0 Å². The molecular weight excluding hydrogens is 295 g/mol. The molecule has 0 amide bonds. The molecule has 1 heteroatoms. The molecule has 0 spiro atoms. The third kappa shape index (κ3) is 4.93. The molecule has 1 saturated carbocycles. The summed E-state index contributed by atoms with van der Waals surface area (Å²) in [5.74, 6) is 2.53. The van der Waals surface area contributed by atoms with Gasteiger partial charge in [0, 0.05) is 0 Å². The molecule has 3 rings (SSSR count). The van der Waals surface area contributed by atoms with Crippen molar-refractivity contribution in [2.24, 2.45) is 0 Å². The summed E-state index contributed by atoms with van der Waals surface area (Å²) >= 11 is 0. The summed E-state index contributed by atoms with van der Waals surface area (Å²) < 4.78 is 0. The van der Waals surface area contributed by atoms with Crippen LogP contribution >= 0.6 is 8.58 Å². The van der Waals surface area contributed by atoms with E-state index in [1.54, 1.807) is 0 Å². The van der Waals surface area contributed by atoms with Crippen molar-refractivity contribution in [3.63, 3.8) is 0 Å². The highest BCUT2D eigenvalue weighted by Crippen LogP contribution is 2.42. The van der Waals surface area contributed by atoms with Crippen molar-refractivity contribution in [3.05, 3.63) is 83.8 Å². The molecular formula is C22H24P-3. The van der Waals surface area contributed by atoms with Crippen molar-refractivity contribution in [1.29, 1.82) is 0 Å². The number of hydrogen-bond donors (Lipinski definition) is 0. The van der Waals surface area contributed by atoms with Crippen LogP contribution in [0.2, 0.25) is 0 Å². The van der Waals surface area contributed by atoms with Gasteiger partial charge in [-0.05, 0) is 0 Å². The average molecular weight is 319 g/mol. The van der Waals surface area contributed by atoms with Crippen LogP contribution in [-0.2, 0) is 0 Å². The Morgan fingerprint density at radius 1 is 1.04 bits per heavy atom. The predicted molar refractivity (Wildman–Crippen MR) is 102 cm³/mol. The Kier molecular flexibility index (Phi) is 5.87. The highest BCUT2D eigenvalue weighted by Gasteiger charge is 2.05. The van der Waals surface area contributed by atoms with Gasteiger partial charge in [0.1, 0.15) is 0 Å². The Bertz CT molecular complexity index is 597. The molecule has 1 aromatic carbocycles. The van der Waals surface area contributed by atoms with Crippen LogP contribution in [0.1, 0.15) is 44.6 Å². The third-order valence-corrected chi connectivity index (χ3v) is 5.91. The highest BCUT2D eigenvalue weighted by molar-refractivity contribution is 7.51. The maximum Gasteiger partial charge on any atom is -0.0535 e. The molecule has 0 saturated heterocycles. The molecule has 0 heterocycles. The first-order chi connectivity index (χ1) is 11.3. The van der Waals surface area contributed by atoms with Crippen LogP contribution in [0.25, 0.3) is 5.31 Å². The fourth-order valence-electron chi connectivity index (χ4n) is 3.00. The molecule has 1 fully saturated rings. The fourth-order valence-corrected chi connectivity index (χ4v) is 4.42. The number of allylic oxidation sites excluding steroid dienone is 5. The van der Waals surface area contributed by atoms with Gasteiger partial charge in [-0.3, -0.25) is 5.73 Å². The van der Waals surface area contributed by atoms with E-state index in [1.807, 2.05) is 0 Å². The molecule has 1 aromatic rings. The van der Waals surface area contributed by atoms with Gasteiger partial charge in [0.05, 0.1) is 0 Å². The first kappa shape index (κ1) is 16.3. The Labute approximate surface area is 142 Å². The topological polar surface area (TPSA) is 0 Å². The van der Waals surface area contributed by atoms with Crippen molar-refractivity contribution >= 4 is 13.9 Å². The lowest BCUT2D eigenvalue weighted by molar-refractivity contribution is 0.514. The van der Waals surface area contributed by atoms with Gasteiger partial charge >= 0.3 is 0 Å². The van der Waals surface area contributed by atoms with Crippen LogP contribution in [0.15, 0.2) is 66.4 Å². The molecule has 0 bridgehead atoms. The van der Waals surface area contributed by atoms with E-state index in [2.05, 4.69) is 73.4 Å². The van der Waals surface area contributed by atoms with Crippen LogP contribution in [0.4, 0.5) is 0 Å². The predicted octanol–water partition coefficient (Wildman–Crippen LogP) is 6.76.